The Kier molecular flexibility index (Phi) is 4.02. The van der Waals surface area contributed by atoms with Crippen molar-refractivity contribution in [2.24, 2.45) is 0 Å². The number of likely N-dealkylation sites (tertiary alicyclic amines) is 1. The Bertz CT molecular complexity index is 540. The van der Waals surface area contributed by atoms with Crippen LogP contribution in [-0.2, 0) is 14.4 Å². The molecule has 106 valence electrons. The molecule has 1 heterocycles. The van der Waals surface area contributed by atoms with Gasteiger partial charge in [0.1, 0.15) is 11.8 Å². The van der Waals surface area contributed by atoms with Gasteiger partial charge in [0.25, 0.3) is 0 Å². The van der Waals surface area contributed by atoms with E-state index >= 15 is 0 Å². The van der Waals surface area contributed by atoms with Crippen molar-refractivity contribution in [3.63, 3.8) is 0 Å². The first kappa shape index (κ1) is 14.0. The zero-order valence-corrected chi connectivity index (χ0v) is 11.4. The van der Waals surface area contributed by atoms with Crippen molar-refractivity contribution in [2.75, 3.05) is 12.4 Å². The predicted octanol–water partition coefficient (Wildman–Crippen LogP) is 1.17. The summed E-state index contributed by atoms with van der Waals surface area (Å²) in [7, 11) is 1.50. The summed E-state index contributed by atoms with van der Waals surface area (Å²) < 4.78 is 5.13. The van der Waals surface area contributed by atoms with Gasteiger partial charge in [-0.15, -0.1) is 0 Å². The number of hydrogen-bond acceptors (Lipinski definition) is 4. The normalized spacial score (nSPS) is 16.2. The van der Waals surface area contributed by atoms with Gasteiger partial charge in [0.15, 0.2) is 0 Å². The molecule has 0 bridgehead atoms. The number of benzene rings is 1. The number of carbonyl (C=O) groups excluding carboxylic acids is 3. The van der Waals surface area contributed by atoms with Gasteiger partial charge >= 0.3 is 0 Å². The first-order valence-electron chi connectivity index (χ1n) is 6.33. The molecule has 0 unspecified atom stereocenters. The van der Waals surface area contributed by atoms with E-state index in [0.29, 0.717) is 11.4 Å². The van der Waals surface area contributed by atoms with Gasteiger partial charge in [0.05, 0.1) is 12.8 Å². The maximum Gasteiger partial charge on any atom is 0.247 e. The van der Waals surface area contributed by atoms with Crippen molar-refractivity contribution in [3.8, 4) is 5.75 Å². The number of hydrogen-bond donors (Lipinski definition) is 1. The molecule has 0 aliphatic carbocycles. The van der Waals surface area contributed by atoms with E-state index in [2.05, 4.69) is 5.32 Å². The van der Waals surface area contributed by atoms with Crippen LogP contribution in [0.4, 0.5) is 5.69 Å². The van der Waals surface area contributed by atoms with E-state index in [4.69, 9.17) is 4.74 Å². The van der Waals surface area contributed by atoms with Crippen LogP contribution in [0.25, 0.3) is 0 Å². The lowest BCUT2D eigenvalue weighted by molar-refractivity contribution is -0.144. The first-order chi connectivity index (χ1) is 9.54. The second-order valence-electron chi connectivity index (χ2n) is 4.52. The molecule has 1 aromatic rings. The van der Waals surface area contributed by atoms with Gasteiger partial charge < -0.3 is 10.1 Å². The van der Waals surface area contributed by atoms with Gasteiger partial charge in [-0.25, -0.2) is 0 Å². The summed E-state index contributed by atoms with van der Waals surface area (Å²) in [5, 5.41) is 2.67. The highest BCUT2D eigenvalue weighted by molar-refractivity contribution is 6.07. The maximum absolute atomic E-state index is 12.1. The highest BCUT2D eigenvalue weighted by Gasteiger charge is 2.36. The molecule has 1 N–H and O–H groups in total. The van der Waals surface area contributed by atoms with Crippen LogP contribution in [0, 0.1) is 0 Å². The molecule has 1 fully saturated rings. The van der Waals surface area contributed by atoms with Gasteiger partial charge in [-0.05, 0) is 19.1 Å². The molecular weight excluding hydrogens is 260 g/mol. The monoisotopic (exact) mass is 276 g/mol. The van der Waals surface area contributed by atoms with E-state index in [1.54, 1.807) is 24.3 Å². The van der Waals surface area contributed by atoms with E-state index in [1.165, 1.54) is 14.0 Å². The minimum Gasteiger partial charge on any atom is -0.495 e. The summed E-state index contributed by atoms with van der Waals surface area (Å²) in [5.41, 5.74) is 0.506. The molecule has 1 atom stereocenters. The fourth-order valence-electron chi connectivity index (χ4n) is 2.13. The van der Waals surface area contributed by atoms with Crippen LogP contribution in [0.3, 0.4) is 0 Å². The van der Waals surface area contributed by atoms with Crippen molar-refractivity contribution >= 4 is 23.4 Å². The first-order valence-corrected chi connectivity index (χ1v) is 6.33. The number of para-hydroxylation sites is 2. The molecule has 2 rings (SSSR count). The van der Waals surface area contributed by atoms with E-state index in [1.807, 2.05) is 0 Å². The van der Waals surface area contributed by atoms with E-state index < -0.39 is 11.9 Å². The molecule has 1 aliphatic rings. The van der Waals surface area contributed by atoms with Gasteiger partial charge in [-0.3, -0.25) is 19.3 Å². The fourth-order valence-corrected chi connectivity index (χ4v) is 2.13. The lowest BCUT2D eigenvalue weighted by Crippen LogP contribution is -2.45. The second kappa shape index (κ2) is 5.73. The van der Waals surface area contributed by atoms with Crippen molar-refractivity contribution < 1.29 is 19.1 Å². The molecule has 0 radical (unpaired) electrons. The highest BCUT2D eigenvalue weighted by atomic mass is 16.5. The summed E-state index contributed by atoms with van der Waals surface area (Å²) in [5.74, 6) is -0.513. The Hall–Kier alpha value is -2.37. The average Bonchev–Trinajstić information content (AvgIpc) is 2.78. The number of anilines is 1. The SMILES string of the molecule is COc1ccccc1NC(=O)[C@@H](C)N1C(=O)CCC1=O. The summed E-state index contributed by atoms with van der Waals surface area (Å²) in [6.45, 7) is 1.53. The minimum atomic E-state index is -0.831. The quantitative estimate of drug-likeness (QED) is 0.838. The van der Waals surface area contributed by atoms with Crippen molar-refractivity contribution in [3.05, 3.63) is 24.3 Å². The molecule has 6 heteroatoms. The van der Waals surface area contributed by atoms with Crippen molar-refractivity contribution in [1.29, 1.82) is 0 Å². The number of rotatable bonds is 4. The lowest BCUT2D eigenvalue weighted by Gasteiger charge is -2.22. The van der Waals surface area contributed by atoms with Crippen LogP contribution in [0.1, 0.15) is 19.8 Å². The van der Waals surface area contributed by atoms with Crippen LogP contribution in [0.5, 0.6) is 5.75 Å². The summed E-state index contributed by atoms with van der Waals surface area (Å²) in [4.78, 5) is 36.4. The molecular formula is C14H16N2O4. The number of amides is 3. The number of ether oxygens (including phenoxy) is 1. The second-order valence-corrected chi connectivity index (χ2v) is 4.52. The maximum atomic E-state index is 12.1. The van der Waals surface area contributed by atoms with Gasteiger partial charge in [-0.1, -0.05) is 12.1 Å². The lowest BCUT2D eigenvalue weighted by atomic mass is 10.2. The molecule has 20 heavy (non-hydrogen) atoms. The smallest absolute Gasteiger partial charge is 0.247 e. The number of nitrogens with one attached hydrogen (secondary N) is 1. The van der Waals surface area contributed by atoms with E-state index in [9.17, 15) is 14.4 Å². The number of carbonyl (C=O) groups is 3. The van der Waals surface area contributed by atoms with Crippen LogP contribution >= 0.6 is 0 Å². The van der Waals surface area contributed by atoms with E-state index in [0.717, 1.165) is 4.90 Å². The van der Waals surface area contributed by atoms with Gasteiger partial charge in [-0.2, -0.15) is 0 Å². The number of nitrogens with zero attached hydrogens (tertiary/aromatic N) is 1. The fraction of sp³-hybridized carbons (Fsp3) is 0.357. The average molecular weight is 276 g/mol. The van der Waals surface area contributed by atoms with Crippen LogP contribution < -0.4 is 10.1 Å². The molecule has 1 aromatic carbocycles. The third kappa shape index (κ3) is 2.64. The molecule has 6 nitrogen and oxygen atoms in total. The van der Waals surface area contributed by atoms with E-state index in [-0.39, 0.29) is 24.7 Å². The van der Waals surface area contributed by atoms with Crippen molar-refractivity contribution in [1.82, 2.24) is 4.90 Å². The van der Waals surface area contributed by atoms with Crippen molar-refractivity contribution in [2.45, 2.75) is 25.8 Å². The Morgan fingerprint density at radius 1 is 1.25 bits per heavy atom. The Morgan fingerprint density at radius 2 is 1.85 bits per heavy atom. The zero-order valence-electron chi connectivity index (χ0n) is 11.4. The molecule has 1 aliphatic heterocycles. The third-order valence-electron chi connectivity index (χ3n) is 3.22. The molecule has 1 saturated heterocycles. The van der Waals surface area contributed by atoms with Crippen LogP contribution in [0.2, 0.25) is 0 Å². The van der Waals surface area contributed by atoms with Crippen LogP contribution in [0.15, 0.2) is 24.3 Å². The number of imide groups is 1. The van der Waals surface area contributed by atoms with Gasteiger partial charge in [0.2, 0.25) is 17.7 Å². The molecule has 0 saturated carbocycles. The molecule has 0 spiro atoms. The highest BCUT2D eigenvalue weighted by Crippen LogP contribution is 2.24. The largest absolute Gasteiger partial charge is 0.495 e. The standard InChI is InChI=1S/C14H16N2O4/c1-9(16-12(17)7-8-13(16)18)14(19)15-10-5-3-4-6-11(10)20-2/h3-6,9H,7-8H2,1-2H3,(H,15,19)/t9-/m1/s1. The molecule has 0 aromatic heterocycles. The third-order valence-corrected chi connectivity index (χ3v) is 3.22. The topological polar surface area (TPSA) is 75.7 Å². The van der Waals surface area contributed by atoms with Gasteiger partial charge in [0, 0.05) is 12.8 Å². The summed E-state index contributed by atoms with van der Waals surface area (Å²) >= 11 is 0. The predicted molar refractivity (Wildman–Crippen MR) is 72.2 cm³/mol. The van der Waals surface area contributed by atoms with Crippen LogP contribution in [-0.4, -0.2) is 35.8 Å². The Balaban J connectivity index is 2.12. The minimum absolute atomic E-state index is 0.172. The summed E-state index contributed by atoms with van der Waals surface area (Å²) in [6.07, 6.45) is 0.343. The summed E-state index contributed by atoms with van der Waals surface area (Å²) in [6, 6.07) is 6.12. The zero-order chi connectivity index (χ0) is 14.7. The Morgan fingerprint density at radius 3 is 2.45 bits per heavy atom. The Labute approximate surface area is 116 Å². The number of methoxy groups -OCH3 is 1. The molecule has 3 amide bonds.